The molecule has 0 heterocycles. The monoisotopic (exact) mass is 223 g/mol. The normalized spacial score (nSPS) is 9.38. The van der Waals surface area contributed by atoms with Gasteiger partial charge in [0.15, 0.2) is 11.4 Å². The molecule has 6 heteroatoms. The molecular weight excluding hydrogens is 214 g/mol. The lowest BCUT2D eigenvalue weighted by molar-refractivity contribution is -0.132. The lowest BCUT2D eigenvalue weighted by Crippen LogP contribution is -2.04. The van der Waals surface area contributed by atoms with Gasteiger partial charge in [0, 0.05) is 19.9 Å². The summed E-state index contributed by atoms with van der Waals surface area (Å²) >= 11 is 0. The quantitative estimate of drug-likeness (QED) is 0.444. The van der Waals surface area contributed by atoms with Crippen molar-refractivity contribution in [1.82, 2.24) is 0 Å². The Kier molecular flexibility index (Phi) is 3.71. The maximum Gasteiger partial charge on any atom is 0.308 e. The molecule has 0 aliphatic rings. The Bertz CT molecular complexity index is 441. The minimum atomic E-state index is -0.593. The molecule has 84 valence electrons. The van der Waals surface area contributed by atoms with Gasteiger partial charge in [-0.2, -0.15) is 0 Å². The van der Waals surface area contributed by atoms with Crippen LogP contribution in [-0.2, 0) is 9.59 Å². The van der Waals surface area contributed by atoms with Crippen molar-refractivity contribution >= 4 is 17.6 Å². The van der Waals surface area contributed by atoms with Gasteiger partial charge in [-0.05, 0) is 17.3 Å². The number of carbonyl (C=O) groups excluding carboxylic acids is 2. The molecule has 0 unspecified atom stereocenters. The number of ether oxygens (including phenoxy) is 2. The molecule has 1 aromatic rings. The third-order valence-electron chi connectivity index (χ3n) is 1.54. The fourth-order valence-corrected chi connectivity index (χ4v) is 1.04. The van der Waals surface area contributed by atoms with Crippen LogP contribution in [0.5, 0.6) is 11.5 Å². The third-order valence-corrected chi connectivity index (χ3v) is 1.54. The van der Waals surface area contributed by atoms with Gasteiger partial charge < -0.3 is 9.47 Å². The molecule has 0 spiro atoms. The maximum atomic E-state index is 10.7. The van der Waals surface area contributed by atoms with Crippen molar-refractivity contribution in [3.63, 3.8) is 0 Å². The summed E-state index contributed by atoms with van der Waals surface area (Å²) in [6.45, 7) is 2.42. The first-order valence-electron chi connectivity index (χ1n) is 4.37. The van der Waals surface area contributed by atoms with Crippen LogP contribution in [0.1, 0.15) is 13.8 Å². The Labute approximate surface area is 91.1 Å². The van der Waals surface area contributed by atoms with E-state index in [0.717, 1.165) is 0 Å². The van der Waals surface area contributed by atoms with Gasteiger partial charge in [0.2, 0.25) is 0 Å². The number of hydrogen-bond acceptors (Lipinski definition) is 6. The SMILES string of the molecule is CC(=O)Oc1ccc(N=O)c(OC(C)=O)c1. The fraction of sp³-hybridized carbons (Fsp3) is 0.200. The van der Waals surface area contributed by atoms with Crippen molar-refractivity contribution in [1.29, 1.82) is 0 Å². The second-order valence-electron chi connectivity index (χ2n) is 2.91. The van der Waals surface area contributed by atoms with E-state index in [1.807, 2.05) is 0 Å². The lowest BCUT2D eigenvalue weighted by atomic mass is 10.3. The van der Waals surface area contributed by atoms with Crippen LogP contribution in [0.2, 0.25) is 0 Å². The molecule has 0 amide bonds. The zero-order valence-corrected chi connectivity index (χ0v) is 8.72. The second-order valence-corrected chi connectivity index (χ2v) is 2.91. The van der Waals surface area contributed by atoms with Crippen molar-refractivity contribution in [2.45, 2.75) is 13.8 Å². The van der Waals surface area contributed by atoms with Gasteiger partial charge in [-0.15, -0.1) is 4.91 Å². The van der Waals surface area contributed by atoms with E-state index in [0.29, 0.717) is 0 Å². The highest BCUT2D eigenvalue weighted by Gasteiger charge is 2.09. The van der Waals surface area contributed by atoms with Crippen LogP contribution in [-0.4, -0.2) is 11.9 Å². The zero-order valence-electron chi connectivity index (χ0n) is 8.72. The average Bonchev–Trinajstić information content (AvgIpc) is 2.16. The largest absolute Gasteiger partial charge is 0.427 e. The first kappa shape index (κ1) is 11.8. The van der Waals surface area contributed by atoms with Gasteiger partial charge in [0.25, 0.3) is 0 Å². The summed E-state index contributed by atoms with van der Waals surface area (Å²) in [5.74, 6) is -0.970. The van der Waals surface area contributed by atoms with Crippen LogP contribution in [0.15, 0.2) is 23.4 Å². The van der Waals surface area contributed by atoms with Crippen molar-refractivity contribution in [3.8, 4) is 11.5 Å². The Morgan fingerprint density at radius 2 is 1.75 bits per heavy atom. The Morgan fingerprint density at radius 3 is 2.25 bits per heavy atom. The molecule has 0 atom stereocenters. The van der Waals surface area contributed by atoms with Gasteiger partial charge in [-0.3, -0.25) is 9.59 Å². The number of carbonyl (C=O) groups is 2. The van der Waals surface area contributed by atoms with Crippen LogP contribution in [0.3, 0.4) is 0 Å². The summed E-state index contributed by atoms with van der Waals surface area (Å²) in [7, 11) is 0. The number of nitrogens with zero attached hydrogens (tertiary/aromatic N) is 1. The van der Waals surface area contributed by atoms with E-state index in [2.05, 4.69) is 5.18 Å². The maximum absolute atomic E-state index is 10.7. The third kappa shape index (κ3) is 3.16. The molecule has 0 fully saturated rings. The van der Waals surface area contributed by atoms with Crippen molar-refractivity contribution in [2.24, 2.45) is 5.18 Å². The smallest absolute Gasteiger partial charge is 0.308 e. The molecule has 0 bridgehead atoms. The molecule has 0 aliphatic heterocycles. The topological polar surface area (TPSA) is 82.0 Å². The molecule has 0 aromatic heterocycles. The standard InChI is InChI=1S/C10H9NO5/c1-6(12)15-8-3-4-9(11-14)10(5-8)16-7(2)13/h3-5H,1-2H3. The first-order chi connectivity index (χ1) is 7.52. The van der Waals surface area contributed by atoms with E-state index in [9.17, 15) is 14.5 Å². The molecule has 0 N–H and O–H groups in total. The summed E-state index contributed by atoms with van der Waals surface area (Å²) in [6.07, 6.45) is 0. The van der Waals surface area contributed by atoms with Gasteiger partial charge in [-0.25, -0.2) is 0 Å². The summed E-state index contributed by atoms with van der Waals surface area (Å²) in [6, 6.07) is 3.92. The Balaban J connectivity index is 3.05. The Morgan fingerprint density at radius 1 is 1.12 bits per heavy atom. The van der Waals surface area contributed by atoms with Gasteiger partial charge >= 0.3 is 11.9 Å². The van der Waals surface area contributed by atoms with E-state index >= 15 is 0 Å². The van der Waals surface area contributed by atoms with E-state index in [-0.39, 0.29) is 17.2 Å². The molecule has 0 aliphatic carbocycles. The van der Waals surface area contributed by atoms with Crippen LogP contribution >= 0.6 is 0 Å². The zero-order chi connectivity index (χ0) is 12.1. The molecule has 0 saturated heterocycles. The van der Waals surface area contributed by atoms with Gasteiger partial charge in [-0.1, -0.05) is 0 Å². The summed E-state index contributed by atoms with van der Waals surface area (Å²) in [5, 5.41) is 2.68. The summed E-state index contributed by atoms with van der Waals surface area (Å²) < 4.78 is 9.50. The molecule has 16 heavy (non-hydrogen) atoms. The number of benzene rings is 1. The predicted molar refractivity (Wildman–Crippen MR) is 54.5 cm³/mol. The molecule has 6 nitrogen and oxygen atoms in total. The highest BCUT2D eigenvalue weighted by molar-refractivity contribution is 5.73. The minimum Gasteiger partial charge on any atom is -0.427 e. The lowest BCUT2D eigenvalue weighted by Gasteiger charge is -2.06. The van der Waals surface area contributed by atoms with Gasteiger partial charge in [0.05, 0.1) is 0 Å². The molecule has 0 radical (unpaired) electrons. The second kappa shape index (κ2) is 5.01. The van der Waals surface area contributed by atoms with Crippen LogP contribution in [0.25, 0.3) is 0 Å². The average molecular weight is 223 g/mol. The van der Waals surface area contributed by atoms with E-state index in [4.69, 9.17) is 9.47 Å². The number of nitroso groups, excluding NO2 is 1. The van der Waals surface area contributed by atoms with Crippen molar-refractivity contribution in [2.75, 3.05) is 0 Å². The molecule has 1 rings (SSSR count). The van der Waals surface area contributed by atoms with Crippen molar-refractivity contribution in [3.05, 3.63) is 23.1 Å². The van der Waals surface area contributed by atoms with E-state index in [1.165, 1.54) is 32.0 Å². The number of esters is 2. The van der Waals surface area contributed by atoms with Crippen LogP contribution in [0, 0.1) is 4.91 Å². The Hall–Kier alpha value is -2.24. The van der Waals surface area contributed by atoms with E-state index in [1.54, 1.807) is 0 Å². The highest BCUT2D eigenvalue weighted by Crippen LogP contribution is 2.31. The predicted octanol–water partition coefficient (Wildman–Crippen LogP) is 1.94. The fourth-order valence-electron chi connectivity index (χ4n) is 1.04. The number of hydrogen-bond donors (Lipinski definition) is 0. The van der Waals surface area contributed by atoms with Crippen LogP contribution in [0.4, 0.5) is 5.69 Å². The first-order valence-corrected chi connectivity index (χ1v) is 4.37. The highest BCUT2D eigenvalue weighted by atomic mass is 16.5. The summed E-state index contributed by atoms with van der Waals surface area (Å²) in [5.41, 5.74) is -0.0360. The molecule has 1 aromatic carbocycles. The van der Waals surface area contributed by atoms with Gasteiger partial charge in [0.1, 0.15) is 5.75 Å². The van der Waals surface area contributed by atoms with E-state index < -0.39 is 11.9 Å². The summed E-state index contributed by atoms with van der Waals surface area (Å²) in [4.78, 5) is 31.8. The van der Waals surface area contributed by atoms with Crippen molar-refractivity contribution < 1.29 is 19.1 Å². The van der Waals surface area contributed by atoms with Crippen LogP contribution < -0.4 is 9.47 Å². The number of rotatable bonds is 3. The molecule has 0 saturated carbocycles. The minimum absolute atomic E-state index is 0.0360. The molecular formula is C10H9NO5.